The van der Waals surface area contributed by atoms with E-state index in [-0.39, 0.29) is 58.2 Å². The number of rotatable bonds is 16. The average Bonchev–Trinajstić information content (AvgIpc) is 3.50. The van der Waals surface area contributed by atoms with Crippen molar-refractivity contribution in [3.63, 3.8) is 0 Å². The van der Waals surface area contributed by atoms with Crippen LogP contribution in [0.4, 0.5) is 11.4 Å². The first-order valence-electron chi connectivity index (χ1n) is 13.4. The van der Waals surface area contributed by atoms with Crippen LogP contribution in [0.25, 0.3) is 17.0 Å². The number of anilines is 2. The van der Waals surface area contributed by atoms with Crippen LogP contribution >= 0.6 is 12.2 Å². The van der Waals surface area contributed by atoms with Crippen LogP contribution in [0.2, 0.25) is 0 Å². The number of carbonyl (C=O) groups is 5. The molecule has 2 heterocycles. The summed E-state index contributed by atoms with van der Waals surface area (Å²) in [5.41, 5.74) is 1.30. The zero-order valence-electron chi connectivity index (χ0n) is 24.1. The van der Waals surface area contributed by atoms with Crippen molar-refractivity contribution in [3.05, 3.63) is 53.4 Å². The fourth-order valence-corrected chi connectivity index (χ4v) is 4.77. The molecule has 16 nitrogen and oxygen atoms in total. The Labute approximate surface area is 265 Å². The highest BCUT2D eigenvalue weighted by Crippen LogP contribution is 2.39. The highest BCUT2D eigenvalue weighted by atomic mass is 32.1. The topological polar surface area (TPSA) is 228 Å². The van der Waals surface area contributed by atoms with E-state index in [1.54, 1.807) is 31.2 Å². The van der Waals surface area contributed by atoms with Crippen molar-refractivity contribution < 1.29 is 58.3 Å². The number of carboxylic acids is 4. The number of hydrogen-bond acceptors (Lipinski definition) is 11. The highest BCUT2D eigenvalue weighted by Gasteiger charge is 2.25. The van der Waals surface area contributed by atoms with Gasteiger partial charge in [-0.3, -0.25) is 29.3 Å². The predicted molar refractivity (Wildman–Crippen MR) is 165 cm³/mol. The first-order chi connectivity index (χ1) is 21.8. The molecule has 0 atom stereocenters. The molecule has 1 aliphatic rings. The first kappa shape index (κ1) is 33.1. The van der Waals surface area contributed by atoms with E-state index < -0.39 is 56.0 Å². The molecule has 6 N–H and O–H groups in total. The molecule has 0 radical (unpaired) electrons. The molecular formula is C29H28N4O12S. The summed E-state index contributed by atoms with van der Waals surface area (Å²) in [5.74, 6) is -5.17. The Morgan fingerprint density at radius 1 is 0.826 bits per heavy atom. The molecule has 0 spiro atoms. The van der Waals surface area contributed by atoms with Crippen LogP contribution in [0, 0.1) is 6.92 Å². The SMILES string of the molecule is Cc1ccc(N(CC(=O)O)CC(=O)O)c(OCCOc2c(N(CC(=O)O)CC(=O)O)ccc3cc(/C=C4\NC(=S)NC4=O)oc23)c1. The van der Waals surface area contributed by atoms with Gasteiger partial charge in [-0.15, -0.1) is 0 Å². The van der Waals surface area contributed by atoms with Gasteiger partial charge in [0.15, 0.2) is 16.4 Å². The second-order valence-electron chi connectivity index (χ2n) is 9.90. The average molecular weight is 657 g/mol. The van der Waals surface area contributed by atoms with Crippen LogP contribution < -0.4 is 29.9 Å². The molecule has 0 unspecified atom stereocenters. The van der Waals surface area contributed by atoms with E-state index in [9.17, 15) is 44.4 Å². The van der Waals surface area contributed by atoms with Gasteiger partial charge < -0.3 is 49.4 Å². The lowest BCUT2D eigenvalue weighted by Gasteiger charge is -2.25. The molecule has 17 heteroatoms. The van der Waals surface area contributed by atoms with Gasteiger partial charge in [0.1, 0.15) is 56.6 Å². The molecule has 0 bridgehead atoms. The molecule has 1 aliphatic heterocycles. The number of aryl methyl sites for hydroxylation is 1. The minimum atomic E-state index is -1.30. The van der Waals surface area contributed by atoms with Crippen LogP contribution in [-0.4, -0.2) is 94.7 Å². The molecule has 2 aromatic carbocycles. The Morgan fingerprint density at radius 3 is 1.96 bits per heavy atom. The van der Waals surface area contributed by atoms with Crippen LogP contribution in [0.3, 0.4) is 0 Å². The molecule has 1 aromatic heterocycles. The number of benzene rings is 2. The van der Waals surface area contributed by atoms with Crippen molar-refractivity contribution in [2.24, 2.45) is 0 Å². The third-order valence-corrected chi connectivity index (χ3v) is 6.54. The van der Waals surface area contributed by atoms with Crippen molar-refractivity contribution in [3.8, 4) is 11.5 Å². The number of nitrogens with zero attached hydrogens (tertiary/aromatic N) is 2. The van der Waals surface area contributed by atoms with E-state index in [0.29, 0.717) is 5.39 Å². The lowest BCUT2D eigenvalue weighted by atomic mass is 10.2. The lowest BCUT2D eigenvalue weighted by molar-refractivity contribution is -0.138. The zero-order chi connectivity index (χ0) is 33.5. The number of amides is 1. The van der Waals surface area contributed by atoms with E-state index in [1.165, 1.54) is 18.2 Å². The second-order valence-corrected chi connectivity index (χ2v) is 10.3. The molecule has 242 valence electrons. The molecular weight excluding hydrogens is 628 g/mol. The van der Waals surface area contributed by atoms with Gasteiger partial charge in [0.25, 0.3) is 5.91 Å². The summed E-state index contributed by atoms with van der Waals surface area (Å²) in [6.07, 6.45) is 1.40. The van der Waals surface area contributed by atoms with Gasteiger partial charge in [-0.1, -0.05) is 6.07 Å². The Morgan fingerprint density at radius 2 is 1.39 bits per heavy atom. The maximum atomic E-state index is 12.1. The van der Waals surface area contributed by atoms with Crippen molar-refractivity contribution in [1.29, 1.82) is 0 Å². The predicted octanol–water partition coefficient (Wildman–Crippen LogP) is 1.50. The summed E-state index contributed by atoms with van der Waals surface area (Å²) in [6.45, 7) is -1.15. The van der Waals surface area contributed by atoms with Gasteiger partial charge in [-0.2, -0.15) is 0 Å². The summed E-state index contributed by atoms with van der Waals surface area (Å²) in [4.78, 5) is 60.3. The van der Waals surface area contributed by atoms with Crippen molar-refractivity contribution in [2.75, 3.05) is 49.2 Å². The first-order valence-corrected chi connectivity index (χ1v) is 13.9. The number of hydrogen-bond donors (Lipinski definition) is 6. The maximum absolute atomic E-state index is 12.1. The Bertz CT molecular complexity index is 1720. The molecule has 0 aliphatic carbocycles. The van der Waals surface area contributed by atoms with Crippen LogP contribution in [0.5, 0.6) is 11.5 Å². The summed E-state index contributed by atoms with van der Waals surface area (Å²) in [7, 11) is 0. The van der Waals surface area contributed by atoms with Gasteiger partial charge in [-0.05, 0) is 55.0 Å². The summed E-state index contributed by atoms with van der Waals surface area (Å²) >= 11 is 4.95. The largest absolute Gasteiger partial charge is 0.488 e. The van der Waals surface area contributed by atoms with E-state index in [1.807, 2.05) is 0 Å². The Balaban J connectivity index is 1.65. The van der Waals surface area contributed by atoms with Crippen molar-refractivity contribution in [1.82, 2.24) is 10.6 Å². The van der Waals surface area contributed by atoms with E-state index in [4.69, 9.17) is 26.1 Å². The molecule has 4 rings (SSSR count). The highest BCUT2D eigenvalue weighted by molar-refractivity contribution is 7.80. The molecule has 0 saturated carbocycles. The Hall–Kier alpha value is -5.84. The van der Waals surface area contributed by atoms with Gasteiger partial charge in [-0.25, -0.2) is 0 Å². The van der Waals surface area contributed by atoms with Crippen LogP contribution in [0.1, 0.15) is 11.3 Å². The van der Waals surface area contributed by atoms with E-state index >= 15 is 0 Å². The third-order valence-electron chi connectivity index (χ3n) is 6.33. The number of fused-ring (bicyclic) bond motifs is 1. The third kappa shape index (κ3) is 8.41. The van der Waals surface area contributed by atoms with E-state index in [0.717, 1.165) is 15.4 Å². The minimum Gasteiger partial charge on any atom is -0.488 e. The maximum Gasteiger partial charge on any atom is 0.323 e. The monoisotopic (exact) mass is 656 g/mol. The van der Waals surface area contributed by atoms with E-state index in [2.05, 4.69) is 10.6 Å². The number of carbonyl (C=O) groups excluding carboxylic acids is 1. The molecule has 3 aromatic rings. The molecule has 46 heavy (non-hydrogen) atoms. The van der Waals surface area contributed by atoms with Gasteiger partial charge in [0.05, 0.1) is 11.4 Å². The fourth-order valence-electron chi connectivity index (χ4n) is 4.57. The lowest BCUT2D eigenvalue weighted by Crippen LogP contribution is -2.35. The standard InChI is InChI=1S/C29H28N4O12S/c1-15-2-4-19(32(11-22(34)35)12-23(36)37)21(8-15)43-6-7-44-27-20(33(13-24(38)39)14-25(40)41)5-3-16-9-17(45-26(16)27)10-18-28(42)31-29(46)30-18/h2-5,8-10H,6-7,11-14H2,1H3,(H,34,35)(H,36,37)(H,38,39)(H,40,41)(H2,30,31,42,46)/b18-10-. The smallest absolute Gasteiger partial charge is 0.323 e. The van der Waals surface area contributed by atoms with Crippen LogP contribution in [0.15, 0.2) is 46.5 Å². The normalized spacial score (nSPS) is 13.3. The zero-order valence-corrected chi connectivity index (χ0v) is 25.0. The summed E-state index contributed by atoms with van der Waals surface area (Å²) in [5, 5.41) is 43.2. The van der Waals surface area contributed by atoms with Crippen molar-refractivity contribution >= 4 is 75.5 Å². The van der Waals surface area contributed by atoms with Crippen LogP contribution in [-0.2, 0) is 24.0 Å². The number of nitrogens with one attached hydrogen (secondary N) is 2. The summed E-state index contributed by atoms with van der Waals surface area (Å²) in [6, 6.07) is 9.44. The number of aliphatic carboxylic acids is 4. The van der Waals surface area contributed by atoms with Gasteiger partial charge in [0, 0.05) is 11.5 Å². The number of furan rings is 1. The molecule has 1 amide bonds. The minimum absolute atomic E-state index is 0.00421. The van der Waals surface area contributed by atoms with Crippen molar-refractivity contribution in [2.45, 2.75) is 6.92 Å². The molecule has 1 fully saturated rings. The fraction of sp³-hybridized carbons (Fsp3) is 0.241. The number of ether oxygens (including phenoxy) is 2. The molecule has 1 saturated heterocycles. The van der Waals surface area contributed by atoms with Gasteiger partial charge in [0.2, 0.25) is 0 Å². The number of thiocarbonyl (C=S) groups is 1. The van der Waals surface area contributed by atoms with Gasteiger partial charge >= 0.3 is 23.9 Å². The number of carboxylic acid groups (broad SMARTS) is 4. The quantitative estimate of drug-likeness (QED) is 0.0729. The summed E-state index contributed by atoms with van der Waals surface area (Å²) < 4.78 is 17.9. The Kier molecular flexibility index (Phi) is 10.3. The second kappa shape index (κ2) is 14.3.